The van der Waals surface area contributed by atoms with E-state index in [9.17, 15) is 4.79 Å². The third kappa shape index (κ3) is 7.26. The Hall–Kier alpha value is -1.81. The minimum absolute atomic E-state index is 0.429. The molecule has 0 aromatic heterocycles. The van der Waals surface area contributed by atoms with Crippen LogP contribution in [0.15, 0.2) is 43.0 Å². The molecule has 1 aromatic carbocycles. The second-order valence-corrected chi connectivity index (χ2v) is 4.13. The van der Waals surface area contributed by atoms with Crippen LogP contribution in [0.2, 0.25) is 0 Å². The molecule has 1 heterocycles. The van der Waals surface area contributed by atoms with Gasteiger partial charge >= 0.3 is 5.97 Å². The van der Waals surface area contributed by atoms with Gasteiger partial charge in [-0.25, -0.2) is 4.79 Å². The summed E-state index contributed by atoms with van der Waals surface area (Å²) in [5, 5.41) is 7.60. The molecule has 4 nitrogen and oxygen atoms in total. The number of para-hydroxylation sites is 1. The summed E-state index contributed by atoms with van der Waals surface area (Å²) < 4.78 is 11.1. The van der Waals surface area contributed by atoms with Crippen LogP contribution in [0.5, 0.6) is 5.75 Å². The molecule has 0 saturated carbocycles. The topological polar surface area (TPSA) is 55.8 Å². The Bertz CT molecular complexity index is 369. The van der Waals surface area contributed by atoms with Gasteiger partial charge in [-0.05, 0) is 25.0 Å². The largest absolute Gasteiger partial charge is 0.493 e. The third-order valence-corrected chi connectivity index (χ3v) is 2.65. The predicted molar refractivity (Wildman–Crippen MR) is 73.4 cm³/mol. The zero-order valence-electron chi connectivity index (χ0n) is 11.0. The summed E-state index contributed by atoms with van der Waals surface area (Å²) in [5.74, 6) is -0.0319. The van der Waals surface area contributed by atoms with Crippen molar-refractivity contribution >= 4 is 5.97 Å². The minimum Gasteiger partial charge on any atom is -0.493 e. The van der Waals surface area contributed by atoms with Crippen LogP contribution >= 0.6 is 0 Å². The van der Waals surface area contributed by atoms with E-state index in [1.807, 2.05) is 30.3 Å². The molecule has 1 aliphatic heterocycles. The summed E-state index contributed by atoms with van der Waals surface area (Å²) in [6.45, 7) is 4.65. The van der Waals surface area contributed by atoms with Crippen LogP contribution in [0.25, 0.3) is 0 Å². The molecule has 19 heavy (non-hydrogen) atoms. The molecule has 4 heteroatoms. The highest BCUT2D eigenvalue weighted by Gasteiger charge is 2.14. The molecule has 104 valence electrons. The van der Waals surface area contributed by atoms with Crippen molar-refractivity contribution in [2.45, 2.75) is 25.4 Å². The van der Waals surface area contributed by atoms with E-state index in [1.54, 1.807) is 0 Å². The number of carbonyl (C=O) groups is 1. The van der Waals surface area contributed by atoms with E-state index in [0.29, 0.717) is 6.10 Å². The van der Waals surface area contributed by atoms with E-state index in [1.165, 1.54) is 12.8 Å². The van der Waals surface area contributed by atoms with Gasteiger partial charge in [0.25, 0.3) is 0 Å². The van der Waals surface area contributed by atoms with Crippen LogP contribution in [-0.2, 0) is 9.53 Å². The van der Waals surface area contributed by atoms with Crippen LogP contribution in [0, 0.1) is 0 Å². The average molecular weight is 264 g/mol. The van der Waals surface area contributed by atoms with Gasteiger partial charge in [-0.1, -0.05) is 24.8 Å². The van der Waals surface area contributed by atoms with Gasteiger partial charge in [-0.3, -0.25) is 0 Å². The van der Waals surface area contributed by atoms with Gasteiger partial charge in [-0.2, -0.15) is 0 Å². The van der Waals surface area contributed by atoms with Gasteiger partial charge < -0.3 is 14.6 Å². The van der Waals surface area contributed by atoms with E-state index in [-0.39, 0.29) is 0 Å². The molecule has 0 amide bonds. The van der Waals surface area contributed by atoms with Crippen molar-refractivity contribution in [3.63, 3.8) is 0 Å². The number of benzene rings is 1. The average Bonchev–Trinajstić information content (AvgIpc) is 2.94. The lowest BCUT2D eigenvalue weighted by Crippen LogP contribution is -2.10. The summed E-state index contributed by atoms with van der Waals surface area (Å²) in [4.78, 5) is 9.25. The normalized spacial score (nSPS) is 17.2. The molecule has 0 spiro atoms. The second-order valence-electron chi connectivity index (χ2n) is 4.13. The van der Waals surface area contributed by atoms with Gasteiger partial charge in [0.15, 0.2) is 0 Å². The molecule has 0 aliphatic carbocycles. The summed E-state index contributed by atoms with van der Waals surface area (Å²) in [6, 6.07) is 9.93. The lowest BCUT2D eigenvalue weighted by Gasteiger charge is -2.10. The Morgan fingerprint density at radius 3 is 2.68 bits per heavy atom. The van der Waals surface area contributed by atoms with Crippen LogP contribution in [-0.4, -0.2) is 30.4 Å². The smallest absolute Gasteiger partial charge is 0.327 e. The molecule has 0 radical (unpaired) electrons. The lowest BCUT2D eigenvalue weighted by molar-refractivity contribution is -0.131. The zero-order chi connectivity index (χ0) is 13.9. The first-order valence-electron chi connectivity index (χ1n) is 6.37. The Balaban J connectivity index is 0.000000312. The fraction of sp³-hybridized carbons (Fsp3) is 0.400. The molecule has 1 aromatic rings. The first-order valence-corrected chi connectivity index (χ1v) is 6.37. The van der Waals surface area contributed by atoms with E-state index in [2.05, 4.69) is 6.58 Å². The van der Waals surface area contributed by atoms with Gasteiger partial charge in [-0.15, -0.1) is 0 Å². The molecule has 2 rings (SSSR count). The van der Waals surface area contributed by atoms with Crippen molar-refractivity contribution in [2.24, 2.45) is 0 Å². The third-order valence-electron chi connectivity index (χ3n) is 2.65. The number of aliphatic carboxylic acids is 1. The number of carboxylic acids is 1. The molecule has 1 saturated heterocycles. The number of ether oxygens (including phenoxy) is 2. The van der Waals surface area contributed by atoms with Crippen molar-refractivity contribution in [3.05, 3.63) is 43.0 Å². The molecule has 0 bridgehead atoms. The van der Waals surface area contributed by atoms with E-state index < -0.39 is 5.97 Å². The Labute approximate surface area is 113 Å². The van der Waals surface area contributed by atoms with Gasteiger partial charge in [0.1, 0.15) is 5.75 Å². The first-order chi connectivity index (χ1) is 9.22. The van der Waals surface area contributed by atoms with E-state index >= 15 is 0 Å². The summed E-state index contributed by atoms with van der Waals surface area (Å²) >= 11 is 0. The van der Waals surface area contributed by atoms with Crippen molar-refractivity contribution in [3.8, 4) is 5.75 Å². The predicted octanol–water partition coefficient (Wildman–Crippen LogP) is 2.89. The Morgan fingerprint density at radius 1 is 1.47 bits per heavy atom. The van der Waals surface area contributed by atoms with E-state index in [0.717, 1.165) is 31.5 Å². The standard InChI is InChI=1S/C12H16O2.C3H4O2/c1-2-5-11(6-3-1)14-10-8-12-7-4-9-13-12;1-2-3(4)5/h1-3,5-6,12H,4,7-10H2;2H,1H2,(H,4,5). The molecule has 1 atom stereocenters. The molecule has 1 aliphatic rings. The lowest BCUT2D eigenvalue weighted by atomic mass is 10.2. The molecule has 1 N–H and O–H groups in total. The van der Waals surface area contributed by atoms with Crippen molar-refractivity contribution in [2.75, 3.05) is 13.2 Å². The first kappa shape index (κ1) is 15.2. The van der Waals surface area contributed by atoms with Crippen LogP contribution < -0.4 is 4.74 Å². The zero-order valence-corrected chi connectivity index (χ0v) is 11.0. The molecular weight excluding hydrogens is 244 g/mol. The van der Waals surface area contributed by atoms with Crippen molar-refractivity contribution in [1.82, 2.24) is 0 Å². The number of hydrogen-bond donors (Lipinski definition) is 1. The monoisotopic (exact) mass is 264 g/mol. The van der Waals surface area contributed by atoms with Crippen LogP contribution in [0.3, 0.4) is 0 Å². The van der Waals surface area contributed by atoms with Crippen molar-refractivity contribution in [1.29, 1.82) is 0 Å². The number of hydrogen-bond acceptors (Lipinski definition) is 3. The molecular formula is C15H20O4. The summed E-state index contributed by atoms with van der Waals surface area (Å²) in [7, 11) is 0. The van der Waals surface area contributed by atoms with Crippen LogP contribution in [0.1, 0.15) is 19.3 Å². The van der Waals surface area contributed by atoms with Gasteiger partial charge in [0, 0.05) is 19.1 Å². The van der Waals surface area contributed by atoms with Crippen LogP contribution in [0.4, 0.5) is 0 Å². The SMILES string of the molecule is C=CC(=O)O.c1ccc(OCCC2CCCO2)cc1. The fourth-order valence-corrected chi connectivity index (χ4v) is 1.70. The Morgan fingerprint density at radius 2 is 2.16 bits per heavy atom. The van der Waals surface area contributed by atoms with Crippen molar-refractivity contribution < 1.29 is 19.4 Å². The maximum absolute atomic E-state index is 9.25. The summed E-state index contributed by atoms with van der Waals surface area (Å²) in [5.41, 5.74) is 0. The molecule has 1 unspecified atom stereocenters. The minimum atomic E-state index is -0.981. The maximum atomic E-state index is 9.25. The Kier molecular flexibility index (Phi) is 7.35. The number of rotatable bonds is 5. The number of carboxylic acid groups (broad SMARTS) is 1. The second kappa shape index (κ2) is 9.16. The maximum Gasteiger partial charge on any atom is 0.327 e. The van der Waals surface area contributed by atoms with Gasteiger partial charge in [0.2, 0.25) is 0 Å². The van der Waals surface area contributed by atoms with Gasteiger partial charge in [0.05, 0.1) is 12.7 Å². The highest BCUT2D eigenvalue weighted by molar-refractivity contribution is 5.78. The quantitative estimate of drug-likeness (QED) is 0.831. The summed E-state index contributed by atoms with van der Waals surface area (Å²) in [6.07, 6.45) is 4.67. The highest BCUT2D eigenvalue weighted by atomic mass is 16.5. The molecule has 1 fully saturated rings. The fourth-order valence-electron chi connectivity index (χ4n) is 1.70. The highest BCUT2D eigenvalue weighted by Crippen LogP contribution is 2.16. The van der Waals surface area contributed by atoms with E-state index in [4.69, 9.17) is 14.6 Å².